The lowest BCUT2D eigenvalue weighted by molar-refractivity contribution is 0.493. The largest absolute Gasteiger partial charge is 0.313 e. The van der Waals surface area contributed by atoms with Crippen LogP contribution in [0.4, 0.5) is 0 Å². The molecule has 4 heteroatoms. The van der Waals surface area contributed by atoms with E-state index in [1.807, 2.05) is 0 Å². The highest BCUT2D eigenvalue weighted by molar-refractivity contribution is 9.12. The molecule has 1 rings (SSSR count). The van der Waals surface area contributed by atoms with E-state index < -0.39 is 0 Å². The first kappa shape index (κ1) is 19.7. The summed E-state index contributed by atoms with van der Waals surface area (Å²) in [5.74, 6) is 0. The van der Waals surface area contributed by atoms with Crippen molar-refractivity contribution in [1.82, 2.24) is 5.32 Å². The third-order valence-electron chi connectivity index (χ3n) is 4.00. The van der Waals surface area contributed by atoms with Gasteiger partial charge in [0.15, 0.2) is 0 Å². The van der Waals surface area contributed by atoms with Crippen LogP contribution in [0.15, 0.2) is 13.6 Å². The fraction of sp³-hybridized carbons (Fsp3) is 0.765. The van der Waals surface area contributed by atoms with E-state index in [2.05, 4.69) is 57.2 Å². The Hall–Kier alpha value is 0.620. The summed E-state index contributed by atoms with van der Waals surface area (Å²) in [6, 6.07) is 2.72. The average Bonchev–Trinajstić information content (AvgIpc) is 2.80. The molecule has 21 heavy (non-hydrogen) atoms. The third-order valence-corrected chi connectivity index (χ3v) is 6.39. The number of hydrogen-bond acceptors (Lipinski definition) is 2. The Balaban J connectivity index is 2.12. The van der Waals surface area contributed by atoms with Crippen molar-refractivity contribution in [2.24, 2.45) is 0 Å². The second-order valence-corrected chi connectivity index (χ2v) is 9.49. The van der Waals surface area contributed by atoms with Crippen molar-refractivity contribution in [2.45, 2.75) is 77.2 Å². The van der Waals surface area contributed by atoms with E-state index in [9.17, 15) is 0 Å². The van der Waals surface area contributed by atoms with Crippen LogP contribution in [-0.2, 0) is 0 Å². The molecule has 0 aliphatic rings. The summed E-state index contributed by atoms with van der Waals surface area (Å²) >= 11 is 9.00. The standard InChI is InChI=1S/C17H29Br2NS/c1-3-4-5-6-7-8-9-10-11-12-15(20-2)14-13-16(18)21-17(14)19/h13,15,20H,3-12H2,1-2H3. The minimum atomic E-state index is 0.478. The second kappa shape index (κ2) is 12.1. The van der Waals surface area contributed by atoms with Crippen LogP contribution in [0.2, 0.25) is 0 Å². The highest BCUT2D eigenvalue weighted by Crippen LogP contribution is 2.37. The van der Waals surface area contributed by atoms with Crippen LogP contribution in [-0.4, -0.2) is 7.05 Å². The van der Waals surface area contributed by atoms with E-state index in [1.54, 1.807) is 11.3 Å². The Labute approximate surface area is 151 Å². The fourth-order valence-electron chi connectivity index (χ4n) is 2.71. The molecule has 1 heterocycles. The highest BCUT2D eigenvalue weighted by atomic mass is 79.9. The van der Waals surface area contributed by atoms with E-state index in [-0.39, 0.29) is 0 Å². The number of nitrogens with one attached hydrogen (secondary N) is 1. The molecule has 0 fully saturated rings. The molecule has 0 aliphatic carbocycles. The van der Waals surface area contributed by atoms with Crippen LogP contribution in [0, 0.1) is 0 Å². The molecule has 1 atom stereocenters. The van der Waals surface area contributed by atoms with Crippen LogP contribution in [0.1, 0.15) is 82.7 Å². The lowest BCUT2D eigenvalue weighted by Crippen LogP contribution is -2.15. The summed E-state index contributed by atoms with van der Waals surface area (Å²) < 4.78 is 2.46. The lowest BCUT2D eigenvalue weighted by atomic mass is 10.0. The van der Waals surface area contributed by atoms with Gasteiger partial charge >= 0.3 is 0 Å². The van der Waals surface area contributed by atoms with Gasteiger partial charge in [-0.2, -0.15) is 0 Å². The monoisotopic (exact) mass is 437 g/mol. The maximum absolute atomic E-state index is 3.67. The van der Waals surface area contributed by atoms with Crippen molar-refractivity contribution in [2.75, 3.05) is 7.05 Å². The van der Waals surface area contributed by atoms with Gasteiger partial charge in [0, 0.05) is 6.04 Å². The van der Waals surface area contributed by atoms with Crippen molar-refractivity contribution in [3.05, 3.63) is 19.2 Å². The predicted octanol–water partition coefficient (Wildman–Crippen LogP) is 7.45. The first-order chi connectivity index (χ1) is 10.2. The number of thiophene rings is 1. The molecule has 0 aromatic carbocycles. The normalized spacial score (nSPS) is 12.8. The Bertz CT molecular complexity index is 379. The molecule has 0 saturated heterocycles. The minimum absolute atomic E-state index is 0.478. The third kappa shape index (κ3) is 8.15. The van der Waals surface area contributed by atoms with E-state index in [0.717, 1.165) is 0 Å². The molecule has 1 N–H and O–H groups in total. The van der Waals surface area contributed by atoms with E-state index in [4.69, 9.17) is 0 Å². The molecule has 1 aromatic heterocycles. The van der Waals surface area contributed by atoms with Crippen LogP contribution in [0.5, 0.6) is 0 Å². The molecule has 0 amide bonds. The average molecular weight is 439 g/mol. The number of halogens is 2. The molecule has 0 aliphatic heterocycles. The van der Waals surface area contributed by atoms with Gasteiger partial charge in [-0.1, -0.05) is 64.7 Å². The van der Waals surface area contributed by atoms with Crippen molar-refractivity contribution in [1.29, 1.82) is 0 Å². The van der Waals surface area contributed by atoms with E-state index >= 15 is 0 Å². The molecule has 1 nitrogen and oxygen atoms in total. The Kier molecular flexibility index (Phi) is 11.3. The van der Waals surface area contributed by atoms with Gasteiger partial charge < -0.3 is 5.32 Å². The fourth-order valence-corrected chi connectivity index (χ4v) is 5.68. The maximum atomic E-state index is 3.67. The molecule has 0 radical (unpaired) electrons. The number of rotatable bonds is 12. The van der Waals surface area contributed by atoms with E-state index in [0.29, 0.717) is 6.04 Å². The summed E-state index contributed by atoms with van der Waals surface area (Å²) in [5.41, 5.74) is 1.40. The topological polar surface area (TPSA) is 12.0 Å². The van der Waals surface area contributed by atoms with Crippen molar-refractivity contribution in [3.8, 4) is 0 Å². The Morgan fingerprint density at radius 2 is 1.57 bits per heavy atom. The predicted molar refractivity (Wildman–Crippen MR) is 103 cm³/mol. The molecular weight excluding hydrogens is 410 g/mol. The quantitative estimate of drug-likeness (QED) is 0.334. The highest BCUT2D eigenvalue weighted by Gasteiger charge is 2.15. The maximum Gasteiger partial charge on any atom is 0.0758 e. The molecule has 0 spiro atoms. The van der Waals surface area contributed by atoms with Crippen LogP contribution >= 0.6 is 43.2 Å². The summed E-state index contributed by atoms with van der Waals surface area (Å²) in [4.78, 5) is 0. The van der Waals surface area contributed by atoms with Crippen LogP contribution < -0.4 is 5.32 Å². The van der Waals surface area contributed by atoms with Gasteiger partial charge in [0.25, 0.3) is 0 Å². The molecule has 1 unspecified atom stereocenters. The van der Waals surface area contributed by atoms with Gasteiger partial charge in [-0.25, -0.2) is 0 Å². The summed E-state index contributed by atoms with van der Waals surface area (Å²) in [6.45, 7) is 2.28. The lowest BCUT2D eigenvalue weighted by Gasteiger charge is -2.15. The zero-order valence-corrected chi connectivity index (χ0v) is 17.4. The molecular formula is C17H29Br2NS. The molecule has 0 saturated carbocycles. The minimum Gasteiger partial charge on any atom is -0.313 e. The molecule has 1 aromatic rings. The zero-order chi connectivity index (χ0) is 15.5. The second-order valence-electron chi connectivity index (χ2n) is 5.74. The van der Waals surface area contributed by atoms with Crippen molar-refractivity contribution in [3.63, 3.8) is 0 Å². The zero-order valence-electron chi connectivity index (χ0n) is 13.4. The van der Waals surface area contributed by atoms with Gasteiger partial charge in [-0.05, 0) is 57.0 Å². The molecule has 0 bridgehead atoms. The van der Waals surface area contributed by atoms with E-state index in [1.165, 1.54) is 77.3 Å². The van der Waals surface area contributed by atoms with Crippen molar-refractivity contribution < 1.29 is 0 Å². The first-order valence-electron chi connectivity index (χ1n) is 8.31. The number of hydrogen-bond donors (Lipinski definition) is 1. The van der Waals surface area contributed by atoms with Gasteiger partial charge in [-0.3, -0.25) is 0 Å². The van der Waals surface area contributed by atoms with Gasteiger partial charge in [0.2, 0.25) is 0 Å². The SMILES string of the molecule is CCCCCCCCCCCC(NC)c1cc(Br)sc1Br. The van der Waals surface area contributed by atoms with Gasteiger partial charge in [-0.15, -0.1) is 11.3 Å². The summed E-state index contributed by atoms with van der Waals surface area (Å²) in [6.07, 6.45) is 13.8. The summed E-state index contributed by atoms with van der Waals surface area (Å²) in [7, 11) is 2.07. The van der Waals surface area contributed by atoms with Gasteiger partial charge in [0.05, 0.1) is 7.57 Å². The first-order valence-corrected chi connectivity index (χ1v) is 10.7. The molecule has 122 valence electrons. The smallest absolute Gasteiger partial charge is 0.0758 e. The van der Waals surface area contributed by atoms with Crippen molar-refractivity contribution >= 4 is 43.2 Å². The van der Waals surface area contributed by atoms with Crippen LogP contribution in [0.3, 0.4) is 0 Å². The Morgan fingerprint density at radius 3 is 2.05 bits per heavy atom. The van der Waals surface area contributed by atoms with Gasteiger partial charge in [0.1, 0.15) is 0 Å². The Morgan fingerprint density at radius 1 is 1.00 bits per heavy atom. The summed E-state index contributed by atoms with van der Waals surface area (Å²) in [5, 5.41) is 3.45. The van der Waals surface area contributed by atoms with Crippen LogP contribution in [0.25, 0.3) is 0 Å². The number of unbranched alkanes of at least 4 members (excludes halogenated alkanes) is 8.